The van der Waals surface area contributed by atoms with Crippen LogP contribution in [0.15, 0.2) is 54.6 Å². The van der Waals surface area contributed by atoms with Gasteiger partial charge in [0.25, 0.3) is 5.91 Å². The molecule has 3 rings (SSSR count). The molecule has 122 valence electrons. The van der Waals surface area contributed by atoms with Crippen molar-refractivity contribution in [1.82, 2.24) is 4.98 Å². The number of aromatic nitrogens is 1. The summed E-state index contributed by atoms with van der Waals surface area (Å²) in [6, 6.07) is 12.0. The third-order valence-electron chi connectivity index (χ3n) is 3.41. The molecule has 3 aromatic rings. The number of fused-ring (bicyclic) bond motifs is 1. The van der Waals surface area contributed by atoms with Crippen LogP contribution in [0, 0.1) is 0 Å². The van der Waals surface area contributed by atoms with Gasteiger partial charge in [-0.15, -0.1) is 0 Å². The fourth-order valence-corrected chi connectivity index (χ4v) is 2.31. The smallest absolute Gasteiger partial charge is 0.416 e. The Hall–Kier alpha value is -3.09. The Labute approximate surface area is 134 Å². The Morgan fingerprint density at radius 1 is 1.04 bits per heavy atom. The summed E-state index contributed by atoms with van der Waals surface area (Å²) in [6.45, 7) is 0. The molecule has 0 atom stereocenters. The van der Waals surface area contributed by atoms with E-state index in [4.69, 9.17) is 0 Å². The van der Waals surface area contributed by atoms with Crippen LogP contribution >= 0.6 is 0 Å². The van der Waals surface area contributed by atoms with Crippen molar-refractivity contribution in [3.63, 3.8) is 0 Å². The predicted octanol–water partition coefficient (Wildman–Crippen LogP) is 4.21. The fourth-order valence-electron chi connectivity index (χ4n) is 2.31. The summed E-state index contributed by atoms with van der Waals surface area (Å²) >= 11 is 0. The van der Waals surface area contributed by atoms with Crippen molar-refractivity contribution in [2.45, 2.75) is 6.18 Å². The van der Waals surface area contributed by atoms with Gasteiger partial charge in [-0.2, -0.15) is 13.2 Å². The largest absolute Gasteiger partial charge is 0.493 e. The maximum absolute atomic E-state index is 12.7. The minimum Gasteiger partial charge on any atom is -0.493 e. The number of benzene rings is 2. The molecule has 0 saturated heterocycles. The lowest BCUT2D eigenvalue weighted by Crippen LogP contribution is -2.13. The van der Waals surface area contributed by atoms with E-state index in [9.17, 15) is 23.1 Å². The molecule has 1 amide bonds. The van der Waals surface area contributed by atoms with Gasteiger partial charge in [0.05, 0.1) is 11.1 Å². The number of carbonyl (C=O) groups excluding carboxylic acids is 1. The van der Waals surface area contributed by atoms with E-state index in [0.29, 0.717) is 10.9 Å². The molecule has 0 spiro atoms. The summed E-state index contributed by atoms with van der Waals surface area (Å²) in [7, 11) is 0. The van der Waals surface area contributed by atoms with Crippen LogP contribution in [-0.2, 0) is 6.18 Å². The van der Waals surface area contributed by atoms with E-state index in [-0.39, 0.29) is 17.1 Å². The first-order valence-corrected chi connectivity index (χ1v) is 6.92. The van der Waals surface area contributed by atoms with Crippen LogP contribution < -0.4 is 5.32 Å². The second-order valence-corrected chi connectivity index (χ2v) is 5.07. The van der Waals surface area contributed by atoms with Crippen LogP contribution in [0.4, 0.5) is 18.9 Å². The van der Waals surface area contributed by atoms with Gasteiger partial charge in [0, 0.05) is 22.7 Å². The fraction of sp³-hybridized carbons (Fsp3) is 0.0588. The number of hydrogen-bond donors (Lipinski definition) is 2. The minimum absolute atomic E-state index is 0.0403. The molecule has 0 unspecified atom stereocenters. The van der Waals surface area contributed by atoms with E-state index in [1.807, 2.05) is 0 Å². The van der Waals surface area contributed by atoms with Crippen LogP contribution in [0.25, 0.3) is 10.9 Å². The lowest BCUT2D eigenvalue weighted by molar-refractivity contribution is -0.137. The van der Waals surface area contributed by atoms with E-state index < -0.39 is 17.6 Å². The Morgan fingerprint density at radius 2 is 1.79 bits per heavy atom. The van der Waals surface area contributed by atoms with Gasteiger partial charge in [0.1, 0.15) is 0 Å². The zero-order chi connectivity index (χ0) is 17.3. The molecular formula is C17H11F3N2O2. The van der Waals surface area contributed by atoms with E-state index >= 15 is 0 Å². The van der Waals surface area contributed by atoms with E-state index in [2.05, 4.69) is 10.3 Å². The molecule has 7 heteroatoms. The van der Waals surface area contributed by atoms with Crippen molar-refractivity contribution < 1.29 is 23.1 Å². The van der Waals surface area contributed by atoms with Crippen molar-refractivity contribution in [2.24, 2.45) is 0 Å². The van der Waals surface area contributed by atoms with E-state index in [1.54, 1.807) is 12.1 Å². The number of rotatable bonds is 2. The number of nitrogens with zero attached hydrogens (tertiary/aromatic N) is 1. The van der Waals surface area contributed by atoms with Crippen LogP contribution in [0.1, 0.15) is 15.9 Å². The second-order valence-electron chi connectivity index (χ2n) is 5.07. The highest BCUT2D eigenvalue weighted by Gasteiger charge is 2.30. The summed E-state index contributed by atoms with van der Waals surface area (Å²) < 4.78 is 38.2. The predicted molar refractivity (Wildman–Crippen MR) is 82.8 cm³/mol. The molecule has 1 aromatic heterocycles. The number of aromatic hydroxyl groups is 1. The molecule has 0 saturated carbocycles. The lowest BCUT2D eigenvalue weighted by Gasteiger charge is -2.11. The standard InChI is InChI=1S/C17H11F3N2O2/c18-17(19,20)10-3-1-4-11(9-10)21-16(24)13-5-2-6-14-12(13)7-8-15(23)22-14/h1-9H,(H,21,24)(H,22,23). The highest BCUT2D eigenvalue weighted by atomic mass is 19.4. The Balaban J connectivity index is 1.94. The third-order valence-corrected chi connectivity index (χ3v) is 3.41. The topological polar surface area (TPSA) is 62.2 Å². The van der Waals surface area contributed by atoms with Gasteiger partial charge in [-0.1, -0.05) is 12.1 Å². The van der Waals surface area contributed by atoms with Crippen molar-refractivity contribution in [3.05, 3.63) is 65.7 Å². The first-order valence-electron chi connectivity index (χ1n) is 6.92. The molecule has 0 radical (unpaired) electrons. The zero-order valence-electron chi connectivity index (χ0n) is 12.1. The second kappa shape index (κ2) is 5.84. The lowest BCUT2D eigenvalue weighted by atomic mass is 10.1. The number of carbonyl (C=O) groups is 1. The molecule has 0 fully saturated rings. The average molecular weight is 332 g/mol. The molecule has 2 N–H and O–H groups in total. The molecule has 1 heterocycles. The number of alkyl halides is 3. The molecule has 0 bridgehead atoms. The molecule has 24 heavy (non-hydrogen) atoms. The number of hydrogen-bond acceptors (Lipinski definition) is 3. The van der Waals surface area contributed by atoms with Gasteiger partial charge < -0.3 is 10.4 Å². The van der Waals surface area contributed by atoms with Crippen LogP contribution in [0.5, 0.6) is 5.88 Å². The Morgan fingerprint density at radius 3 is 2.54 bits per heavy atom. The van der Waals surface area contributed by atoms with E-state index in [1.165, 1.54) is 30.3 Å². The number of amides is 1. The van der Waals surface area contributed by atoms with Gasteiger partial charge in [-0.3, -0.25) is 4.79 Å². The van der Waals surface area contributed by atoms with Gasteiger partial charge in [0.2, 0.25) is 5.88 Å². The highest BCUT2D eigenvalue weighted by molar-refractivity contribution is 6.12. The minimum atomic E-state index is -4.48. The number of pyridine rings is 1. The first-order chi connectivity index (χ1) is 11.3. The number of halogens is 3. The van der Waals surface area contributed by atoms with Gasteiger partial charge >= 0.3 is 6.18 Å². The molecule has 0 aliphatic carbocycles. The SMILES string of the molecule is O=C(Nc1cccc(C(F)(F)F)c1)c1cccc2nc(O)ccc12. The monoisotopic (exact) mass is 332 g/mol. The van der Waals surface area contributed by atoms with E-state index in [0.717, 1.165) is 12.1 Å². The molecule has 4 nitrogen and oxygen atoms in total. The van der Waals surface area contributed by atoms with Crippen LogP contribution in [-0.4, -0.2) is 16.0 Å². The zero-order valence-corrected chi connectivity index (χ0v) is 12.1. The van der Waals surface area contributed by atoms with Crippen molar-refractivity contribution in [2.75, 3.05) is 5.32 Å². The van der Waals surface area contributed by atoms with Gasteiger partial charge in [-0.25, -0.2) is 4.98 Å². The first kappa shape index (κ1) is 15.8. The van der Waals surface area contributed by atoms with Crippen molar-refractivity contribution in [3.8, 4) is 5.88 Å². The molecule has 0 aliphatic heterocycles. The summed E-state index contributed by atoms with van der Waals surface area (Å²) in [4.78, 5) is 16.3. The van der Waals surface area contributed by atoms with Gasteiger partial charge in [-0.05, 0) is 36.4 Å². The summed E-state index contributed by atoms with van der Waals surface area (Å²) in [5.41, 5.74) is -0.146. The van der Waals surface area contributed by atoms with Crippen molar-refractivity contribution in [1.29, 1.82) is 0 Å². The van der Waals surface area contributed by atoms with Crippen LogP contribution in [0.2, 0.25) is 0 Å². The molecule has 2 aromatic carbocycles. The quantitative estimate of drug-likeness (QED) is 0.739. The van der Waals surface area contributed by atoms with Gasteiger partial charge in [0.15, 0.2) is 0 Å². The van der Waals surface area contributed by atoms with Crippen LogP contribution in [0.3, 0.4) is 0 Å². The summed E-state index contributed by atoms with van der Waals surface area (Å²) in [5, 5.41) is 12.3. The maximum Gasteiger partial charge on any atom is 0.416 e. The normalized spacial score (nSPS) is 11.5. The average Bonchev–Trinajstić information content (AvgIpc) is 2.53. The highest BCUT2D eigenvalue weighted by Crippen LogP contribution is 2.31. The molecule has 0 aliphatic rings. The third kappa shape index (κ3) is 3.15. The summed E-state index contributed by atoms with van der Waals surface area (Å²) in [5.74, 6) is -0.745. The number of nitrogens with one attached hydrogen (secondary N) is 1. The summed E-state index contributed by atoms with van der Waals surface area (Å²) in [6.07, 6.45) is -4.48. The van der Waals surface area contributed by atoms with Crippen molar-refractivity contribution >= 4 is 22.5 Å². The maximum atomic E-state index is 12.7. The Bertz CT molecular complexity index is 923. The Kier molecular flexibility index (Phi) is 3.84. The molecular weight excluding hydrogens is 321 g/mol. The number of anilines is 1.